The van der Waals surface area contributed by atoms with Gasteiger partial charge in [0, 0.05) is 38.3 Å². The minimum atomic E-state index is -3.02. The minimum absolute atomic E-state index is 0.286. The van der Waals surface area contributed by atoms with Gasteiger partial charge in [0.05, 0.1) is 36.9 Å². The number of ether oxygens (including phenoxy) is 2. The Balaban J connectivity index is 1.26. The summed E-state index contributed by atoms with van der Waals surface area (Å²) in [4.78, 5) is 4.77. The van der Waals surface area contributed by atoms with Crippen molar-refractivity contribution in [3.05, 3.63) is 0 Å². The van der Waals surface area contributed by atoms with Crippen molar-refractivity contribution in [1.82, 2.24) is 9.80 Å². The molecule has 4 rings (SSSR count). The van der Waals surface area contributed by atoms with Gasteiger partial charge in [-0.3, -0.25) is 9.80 Å². The molecule has 0 bridgehead atoms. The SMILES string of the molecule is O=S(=O)(CCN1CCOC2CCCCC21)CCN1CCOC2CCCCC21. The molecule has 2 aliphatic heterocycles. The van der Waals surface area contributed by atoms with E-state index in [0.29, 0.717) is 37.4 Å². The summed E-state index contributed by atoms with van der Waals surface area (Å²) in [7, 11) is -3.02. The molecule has 0 radical (unpaired) electrons. The van der Waals surface area contributed by atoms with E-state index in [-0.39, 0.29) is 11.5 Å². The molecule has 0 spiro atoms. The van der Waals surface area contributed by atoms with Gasteiger partial charge < -0.3 is 9.47 Å². The lowest BCUT2D eigenvalue weighted by Gasteiger charge is -2.44. The molecule has 27 heavy (non-hydrogen) atoms. The quantitative estimate of drug-likeness (QED) is 0.676. The molecule has 0 amide bonds. The van der Waals surface area contributed by atoms with E-state index in [4.69, 9.17) is 9.47 Å². The van der Waals surface area contributed by atoms with Gasteiger partial charge in [-0.05, 0) is 25.7 Å². The first-order valence-corrected chi connectivity index (χ1v) is 12.9. The summed E-state index contributed by atoms with van der Waals surface area (Å²) in [6, 6.07) is 0.870. The summed E-state index contributed by atoms with van der Waals surface area (Å²) >= 11 is 0. The molecule has 0 aromatic heterocycles. The summed E-state index contributed by atoms with van der Waals surface area (Å²) in [6.45, 7) is 4.59. The van der Waals surface area contributed by atoms with Gasteiger partial charge in [-0.15, -0.1) is 0 Å². The Morgan fingerprint density at radius 2 is 1.15 bits per heavy atom. The average Bonchev–Trinajstić information content (AvgIpc) is 2.71. The van der Waals surface area contributed by atoms with Crippen LogP contribution in [0.4, 0.5) is 0 Å². The zero-order valence-corrected chi connectivity index (χ0v) is 17.4. The molecule has 7 heteroatoms. The van der Waals surface area contributed by atoms with Gasteiger partial charge in [0.2, 0.25) is 0 Å². The number of nitrogens with zero attached hydrogens (tertiary/aromatic N) is 2. The Labute approximate surface area is 164 Å². The van der Waals surface area contributed by atoms with Crippen molar-refractivity contribution in [2.45, 2.75) is 75.7 Å². The van der Waals surface area contributed by atoms with Gasteiger partial charge in [-0.25, -0.2) is 8.42 Å². The highest BCUT2D eigenvalue weighted by Crippen LogP contribution is 2.29. The smallest absolute Gasteiger partial charge is 0.152 e. The Kier molecular flexibility index (Phi) is 6.75. The normalized spacial score (nSPS) is 36.1. The molecular formula is C20H36N2O4S. The first-order chi connectivity index (χ1) is 13.1. The van der Waals surface area contributed by atoms with E-state index < -0.39 is 9.84 Å². The van der Waals surface area contributed by atoms with Crippen molar-refractivity contribution in [2.75, 3.05) is 50.9 Å². The van der Waals surface area contributed by atoms with Crippen LogP contribution in [0, 0.1) is 0 Å². The van der Waals surface area contributed by atoms with E-state index in [1.807, 2.05) is 0 Å². The number of sulfone groups is 1. The lowest BCUT2D eigenvalue weighted by Crippen LogP contribution is -2.54. The van der Waals surface area contributed by atoms with Crippen molar-refractivity contribution in [2.24, 2.45) is 0 Å². The highest BCUT2D eigenvalue weighted by molar-refractivity contribution is 7.91. The maximum Gasteiger partial charge on any atom is 0.152 e. The Bertz CT molecular complexity index is 537. The molecule has 2 saturated carbocycles. The van der Waals surface area contributed by atoms with Gasteiger partial charge in [-0.2, -0.15) is 0 Å². The summed E-state index contributed by atoms with van der Waals surface area (Å²) in [5.41, 5.74) is 0. The molecule has 4 unspecified atom stereocenters. The molecular weight excluding hydrogens is 364 g/mol. The van der Waals surface area contributed by atoms with Crippen LogP contribution < -0.4 is 0 Å². The van der Waals surface area contributed by atoms with Gasteiger partial charge in [-0.1, -0.05) is 25.7 Å². The van der Waals surface area contributed by atoms with Gasteiger partial charge >= 0.3 is 0 Å². The molecule has 4 fully saturated rings. The first kappa shape index (κ1) is 20.1. The molecule has 2 aliphatic carbocycles. The predicted octanol–water partition coefficient (Wildman–Crippen LogP) is 1.69. The van der Waals surface area contributed by atoms with Crippen LogP contribution in [-0.2, 0) is 19.3 Å². The van der Waals surface area contributed by atoms with Gasteiger partial charge in [0.15, 0.2) is 9.84 Å². The zero-order valence-electron chi connectivity index (χ0n) is 16.6. The van der Waals surface area contributed by atoms with Crippen LogP contribution >= 0.6 is 0 Å². The summed E-state index contributed by atoms with van der Waals surface area (Å²) in [5, 5.41) is 0. The van der Waals surface area contributed by atoms with Crippen molar-refractivity contribution in [3.63, 3.8) is 0 Å². The highest BCUT2D eigenvalue weighted by Gasteiger charge is 2.36. The van der Waals surface area contributed by atoms with Crippen LogP contribution in [-0.4, -0.2) is 93.4 Å². The van der Waals surface area contributed by atoms with Gasteiger partial charge in [0.1, 0.15) is 0 Å². The largest absolute Gasteiger partial charge is 0.375 e. The third-order valence-corrected chi connectivity index (χ3v) is 8.68. The molecule has 2 saturated heterocycles. The summed E-state index contributed by atoms with van der Waals surface area (Å²) in [5.74, 6) is 0.573. The maximum atomic E-state index is 12.7. The second-order valence-electron chi connectivity index (χ2n) is 8.75. The van der Waals surface area contributed by atoms with E-state index in [0.717, 1.165) is 52.0 Å². The van der Waals surface area contributed by atoms with Crippen LogP contribution in [0.25, 0.3) is 0 Å². The van der Waals surface area contributed by atoms with Crippen LogP contribution in [0.2, 0.25) is 0 Å². The number of hydrogen-bond acceptors (Lipinski definition) is 6. The molecule has 2 heterocycles. The van der Waals surface area contributed by atoms with Crippen molar-refractivity contribution in [1.29, 1.82) is 0 Å². The van der Waals surface area contributed by atoms with Crippen LogP contribution in [0.3, 0.4) is 0 Å². The monoisotopic (exact) mass is 400 g/mol. The molecule has 0 aromatic carbocycles. The third-order valence-electron chi connectivity index (χ3n) is 7.07. The second-order valence-corrected chi connectivity index (χ2v) is 11.0. The van der Waals surface area contributed by atoms with Crippen molar-refractivity contribution in [3.8, 4) is 0 Å². The average molecular weight is 401 g/mol. The number of rotatable bonds is 6. The molecule has 6 nitrogen and oxygen atoms in total. The molecule has 0 aromatic rings. The van der Waals surface area contributed by atoms with Gasteiger partial charge in [0.25, 0.3) is 0 Å². The lowest BCUT2D eigenvalue weighted by atomic mass is 9.90. The molecule has 156 valence electrons. The fraction of sp³-hybridized carbons (Fsp3) is 1.00. The highest BCUT2D eigenvalue weighted by atomic mass is 32.2. The Morgan fingerprint density at radius 1 is 0.704 bits per heavy atom. The van der Waals surface area contributed by atoms with E-state index in [2.05, 4.69) is 9.80 Å². The minimum Gasteiger partial charge on any atom is -0.375 e. The van der Waals surface area contributed by atoms with Crippen LogP contribution in [0.5, 0.6) is 0 Å². The summed E-state index contributed by atoms with van der Waals surface area (Å²) in [6.07, 6.45) is 10.2. The Morgan fingerprint density at radius 3 is 1.63 bits per heavy atom. The predicted molar refractivity (Wildman–Crippen MR) is 106 cm³/mol. The maximum absolute atomic E-state index is 12.7. The van der Waals surface area contributed by atoms with Crippen LogP contribution in [0.1, 0.15) is 51.4 Å². The number of hydrogen-bond donors (Lipinski definition) is 0. The first-order valence-electron chi connectivity index (χ1n) is 11.0. The standard InChI is InChI=1S/C20H36N2O4S/c23-27(24,15-11-21-9-13-25-19-7-3-1-5-17(19)21)16-12-22-10-14-26-20-8-4-2-6-18(20)22/h17-20H,1-16H2. The summed E-state index contributed by atoms with van der Waals surface area (Å²) < 4.78 is 37.3. The van der Waals surface area contributed by atoms with Crippen LogP contribution in [0.15, 0.2) is 0 Å². The number of fused-ring (bicyclic) bond motifs is 2. The topological polar surface area (TPSA) is 59.1 Å². The molecule has 0 N–H and O–H groups in total. The fourth-order valence-corrected chi connectivity index (χ4v) is 6.75. The van der Waals surface area contributed by atoms with Crippen molar-refractivity contribution < 1.29 is 17.9 Å². The Hall–Kier alpha value is -0.210. The van der Waals surface area contributed by atoms with E-state index >= 15 is 0 Å². The van der Waals surface area contributed by atoms with Crippen molar-refractivity contribution >= 4 is 9.84 Å². The fourth-order valence-electron chi connectivity index (χ4n) is 5.52. The van der Waals surface area contributed by atoms with E-state index in [9.17, 15) is 8.42 Å². The zero-order chi connectivity index (χ0) is 18.7. The molecule has 4 atom stereocenters. The third kappa shape index (κ3) is 5.04. The molecule has 4 aliphatic rings. The second kappa shape index (κ2) is 9.08. The van der Waals surface area contributed by atoms with E-state index in [1.165, 1.54) is 25.7 Å². The number of morpholine rings is 2. The van der Waals surface area contributed by atoms with E-state index in [1.54, 1.807) is 0 Å². The lowest BCUT2D eigenvalue weighted by molar-refractivity contribution is -0.0864.